The first-order valence-electron chi connectivity index (χ1n) is 6.83. The van der Waals surface area contributed by atoms with Crippen LogP contribution in [0.2, 0.25) is 0 Å². The average Bonchev–Trinajstić information content (AvgIpc) is 2.96. The number of nitrogens with one attached hydrogen (secondary N) is 1. The maximum absolute atomic E-state index is 12.0. The summed E-state index contributed by atoms with van der Waals surface area (Å²) < 4.78 is 32.8. The summed E-state index contributed by atoms with van der Waals surface area (Å²) in [5, 5.41) is 0.759. The molecule has 1 aromatic heterocycles. The first kappa shape index (κ1) is 14.4. The molecule has 2 fully saturated rings. The van der Waals surface area contributed by atoms with Gasteiger partial charge in [-0.25, -0.2) is 18.1 Å². The summed E-state index contributed by atoms with van der Waals surface area (Å²) in [6.45, 7) is 4.79. The van der Waals surface area contributed by atoms with Gasteiger partial charge in [0.1, 0.15) is 0 Å². The highest BCUT2D eigenvalue weighted by Gasteiger charge is 2.33. The van der Waals surface area contributed by atoms with Gasteiger partial charge >= 0.3 is 0 Å². The van der Waals surface area contributed by atoms with E-state index in [4.69, 9.17) is 4.74 Å². The van der Waals surface area contributed by atoms with Gasteiger partial charge in [0.15, 0.2) is 4.21 Å². The van der Waals surface area contributed by atoms with Crippen molar-refractivity contribution in [3.8, 4) is 0 Å². The standard InChI is InChI=1S/C12H19N3O3S2/c1-9-13-6-12(19-9)20(16,17)14-4-5-15-7-10-2-3-11(8-15)18-10/h6,10-11,14H,2-5,7-8H2,1H3. The third-order valence-electron chi connectivity index (χ3n) is 3.70. The van der Waals surface area contributed by atoms with Gasteiger partial charge in [-0.15, -0.1) is 11.3 Å². The normalized spacial score (nSPS) is 27.1. The fourth-order valence-electron chi connectivity index (χ4n) is 2.76. The van der Waals surface area contributed by atoms with Gasteiger partial charge in [-0.05, 0) is 19.8 Å². The summed E-state index contributed by atoms with van der Waals surface area (Å²) in [5.74, 6) is 0. The zero-order valence-corrected chi connectivity index (χ0v) is 13.0. The average molecular weight is 317 g/mol. The Morgan fingerprint density at radius 2 is 2.15 bits per heavy atom. The number of rotatable bonds is 5. The number of hydrogen-bond donors (Lipinski definition) is 1. The van der Waals surface area contributed by atoms with Crippen LogP contribution in [0.3, 0.4) is 0 Å². The van der Waals surface area contributed by atoms with Gasteiger partial charge in [0.2, 0.25) is 0 Å². The molecule has 2 aliphatic rings. The fraction of sp³-hybridized carbons (Fsp3) is 0.750. The molecule has 8 heteroatoms. The van der Waals surface area contributed by atoms with E-state index in [0.717, 1.165) is 37.5 Å². The number of aromatic nitrogens is 1. The Morgan fingerprint density at radius 3 is 2.75 bits per heavy atom. The molecule has 2 aliphatic heterocycles. The summed E-state index contributed by atoms with van der Waals surface area (Å²) in [6, 6.07) is 0. The molecule has 0 aliphatic carbocycles. The van der Waals surface area contributed by atoms with E-state index in [1.54, 1.807) is 6.92 Å². The first-order chi connectivity index (χ1) is 9.53. The lowest BCUT2D eigenvalue weighted by Gasteiger charge is -2.31. The van der Waals surface area contributed by atoms with Gasteiger partial charge < -0.3 is 4.74 Å². The van der Waals surface area contributed by atoms with Crippen molar-refractivity contribution in [2.75, 3.05) is 26.2 Å². The lowest BCUT2D eigenvalue weighted by atomic mass is 10.2. The zero-order valence-electron chi connectivity index (χ0n) is 11.4. The van der Waals surface area contributed by atoms with Crippen LogP contribution in [-0.2, 0) is 14.8 Å². The number of nitrogens with zero attached hydrogens (tertiary/aromatic N) is 2. The molecule has 2 bridgehead atoms. The van der Waals surface area contributed by atoms with Crippen molar-refractivity contribution >= 4 is 21.4 Å². The van der Waals surface area contributed by atoms with Crippen molar-refractivity contribution in [3.05, 3.63) is 11.2 Å². The molecule has 0 saturated carbocycles. The molecule has 20 heavy (non-hydrogen) atoms. The van der Waals surface area contributed by atoms with Crippen LogP contribution in [0.5, 0.6) is 0 Å². The predicted molar refractivity (Wildman–Crippen MR) is 76.4 cm³/mol. The van der Waals surface area contributed by atoms with E-state index in [1.165, 1.54) is 17.5 Å². The van der Waals surface area contributed by atoms with Crippen LogP contribution >= 0.6 is 11.3 Å². The lowest BCUT2D eigenvalue weighted by Crippen LogP contribution is -2.45. The first-order valence-corrected chi connectivity index (χ1v) is 9.13. The zero-order chi connectivity index (χ0) is 14.2. The maximum atomic E-state index is 12.0. The van der Waals surface area contributed by atoms with Crippen molar-refractivity contribution in [3.63, 3.8) is 0 Å². The molecule has 2 saturated heterocycles. The van der Waals surface area contributed by atoms with Crippen LogP contribution < -0.4 is 4.72 Å². The second kappa shape index (κ2) is 5.69. The van der Waals surface area contributed by atoms with E-state index in [-0.39, 0.29) is 4.21 Å². The van der Waals surface area contributed by atoms with Gasteiger partial charge in [0.25, 0.3) is 10.0 Å². The molecule has 112 valence electrons. The Balaban J connectivity index is 1.50. The largest absolute Gasteiger partial charge is 0.372 e. The number of ether oxygens (including phenoxy) is 1. The summed E-state index contributed by atoms with van der Waals surface area (Å²) in [6.07, 6.45) is 4.36. The van der Waals surface area contributed by atoms with Gasteiger partial charge in [0, 0.05) is 26.2 Å². The minimum Gasteiger partial charge on any atom is -0.372 e. The van der Waals surface area contributed by atoms with Crippen LogP contribution in [0.4, 0.5) is 0 Å². The maximum Gasteiger partial charge on any atom is 0.251 e. The van der Waals surface area contributed by atoms with Crippen LogP contribution in [0.1, 0.15) is 17.8 Å². The monoisotopic (exact) mass is 317 g/mol. The Labute approximate surface area is 123 Å². The number of morpholine rings is 1. The van der Waals surface area contributed by atoms with Gasteiger partial charge in [-0.2, -0.15) is 0 Å². The number of aryl methyl sites for hydroxylation is 1. The second-order valence-corrected chi connectivity index (χ2v) is 8.54. The Bertz CT molecular complexity index is 560. The molecule has 1 aromatic rings. The number of likely N-dealkylation sites (tertiary alicyclic amines) is 1. The van der Waals surface area contributed by atoms with Crippen molar-refractivity contribution in [1.29, 1.82) is 0 Å². The van der Waals surface area contributed by atoms with E-state index < -0.39 is 10.0 Å². The topological polar surface area (TPSA) is 71.5 Å². The number of fused-ring (bicyclic) bond motifs is 2. The van der Waals surface area contributed by atoms with Crippen molar-refractivity contribution in [2.45, 2.75) is 36.2 Å². The SMILES string of the molecule is Cc1ncc(S(=O)(=O)NCCN2CC3CCC(C2)O3)s1. The highest BCUT2D eigenvalue weighted by Crippen LogP contribution is 2.25. The molecule has 0 spiro atoms. The van der Waals surface area contributed by atoms with Crippen molar-refractivity contribution in [2.24, 2.45) is 0 Å². The van der Waals surface area contributed by atoms with E-state index in [2.05, 4.69) is 14.6 Å². The molecule has 3 heterocycles. The predicted octanol–water partition coefficient (Wildman–Crippen LogP) is 0.593. The molecule has 0 amide bonds. The molecule has 3 rings (SSSR count). The molecule has 6 nitrogen and oxygen atoms in total. The van der Waals surface area contributed by atoms with Gasteiger partial charge in [0.05, 0.1) is 23.4 Å². The smallest absolute Gasteiger partial charge is 0.251 e. The van der Waals surface area contributed by atoms with Crippen molar-refractivity contribution in [1.82, 2.24) is 14.6 Å². The second-order valence-electron chi connectivity index (χ2n) is 5.31. The Hall–Kier alpha value is -0.540. The van der Waals surface area contributed by atoms with E-state index in [9.17, 15) is 8.42 Å². The third-order valence-corrected chi connectivity index (χ3v) is 6.54. The van der Waals surface area contributed by atoms with Gasteiger partial charge in [-0.3, -0.25) is 4.90 Å². The summed E-state index contributed by atoms with van der Waals surface area (Å²) >= 11 is 1.20. The Kier molecular flexibility index (Phi) is 4.09. The minimum atomic E-state index is -3.40. The summed E-state index contributed by atoms with van der Waals surface area (Å²) in [7, 11) is -3.40. The molecule has 1 N–H and O–H groups in total. The Morgan fingerprint density at radius 1 is 1.45 bits per heavy atom. The molecule has 0 aromatic carbocycles. The van der Waals surface area contributed by atoms with Crippen LogP contribution in [-0.4, -0.2) is 56.7 Å². The number of hydrogen-bond acceptors (Lipinski definition) is 6. The number of sulfonamides is 1. The quantitative estimate of drug-likeness (QED) is 0.861. The fourth-order valence-corrected chi connectivity index (χ4v) is 4.93. The van der Waals surface area contributed by atoms with Crippen LogP contribution in [0.25, 0.3) is 0 Å². The highest BCUT2D eigenvalue weighted by molar-refractivity contribution is 7.91. The van der Waals surface area contributed by atoms with E-state index in [0.29, 0.717) is 18.8 Å². The molecular formula is C12H19N3O3S2. The van der Waals surface area contributed by atoms with Crippen LogP contribution in [0.15, 0.2) is 10.4 Å². The van der Waals surface area contributed by atoms with E-state index >= 15 is 0 Å². The highest BCUT2D eigenvalue weighted by atomic mass is 32.2. The summed E-state index contributed by atoms with van der Waals surface area (Å²) in [5.41, 5.74) is 0. The molecule has 2 unspecified atom stereocenters. The van der Waals surface area contributed by atoms with Crippen molar-refractivity contribution < 1.29 is 13.2 Å². The number of thiazole rings is 1. The molecular weight excluding hydrogens is 298 g/mol. The minimum absolute atomic E-state index is 0.289. The van der Waals surface area contributed by atoms with E-state index in [1.807, 2.05) is 0 Å². The molecule has 0 radical (unpaired) electrons. The lowest BCUT2D eigenvalue weighted by molar-refractivity contribution is -0.0373. The molecule has 2 atom stereocenters. The van der Waals surface area contributed by atoms with Gasteiger partial charge in [-0.1, -0.05) is 0 Å². The summed E-state index contributed by atoms with van der Waals surface area (Å²) in [4.78, 5) is 6.27. The third kappa shape index (κ3) is 3.20. The van der Waals surface area contributed by atoms with Crippen LogP contribution in [0, 0.1) is 6.92 Å².